The number of hydrogen-bond donors (Lipinski definition) is 0. The van der Waals surface area contributed by atoms with E-state index >= 15 is 0 Å². The molecular formula is C20H15NO2. The van der Waals surface area contributed by atoms with Crippen molar-refractivity contribution in [2.75, 3.05) is 0 Å². The normalized spacial score (nSPS) is 16.3. The summed E-state index contributed by atoms with van der Waals surface area (Å²) >= 11 is 0. The molecule has 0 aliphatic carbocycles. The van der Waals surface area contributed by atoms with Crippen molar-refractivity contribution in [3.05, 3.63) is 95.7 Å². The second-order valence-corrected chi connectivity index (χ2v) is 4.91. The van der Waals surface area contributed by atoms with Gasteiger partial charge in [-0.15, -0.1) is 0 Å². The third kappa shape index (κ3) is 4.14. The van der Waals surface area contributed by atoms with E-state index in [9.17, 15) is 4.79 Å². The Balaban J connectivity index is 1.70. The first kappa shape index (κ1) is 14.7. The van der Waals surface area contributed by atoms with Gasteiger partial charge in [-0.3, -0.25) is 0 Å². The molecule has 0 bridgehead atoms. The van der Waals surface area contributed by atoms with Crippen LogP contribution < -0.4 is 0 Å². The van der Waals surface area contributed by atoms with Crippen LogP contribution in [0.4, 0.5) is 0 Å². The van der Waals surface area contributed by atoms with Gasteiger partial charge in [0.15, 0.2) is 5.70 Å². The minimum Gasteiger partial charge on any atom is -0.403 e. The third-order valence-electron chi connectivity index (χ3n) is 3.20. The van der Waals surface area contributed by atoms with E-state index in [1.165, 1.54) is 0 Å². The number of allylic oxidation sites excluding steroid dienone is 2. The van der Waals surface area contributed by atoms with Crippen LogP contribution in [0.1, 0.15) is 11.1 Å². The first-order valence-corrected chi connectivity index (χ1v) is 7.29. The molecule has 2 aromatic carbocycles. The van der Waals surface area contributed by atoms with Crippen LogP contribution in [0, 0.1) is 0 Å². The Labute approximate surface area is 135 Å². The predicted octanol–water partition coefficient (Wildman–Crippen LogP) is 4.25. The topological polar surface area (TPSA) is 38.7 Å². The molecular weight excluding hydrogens is 286 g/mol. The smallest absolute Gasteiger partial charge is 0.363 e. The summed E-state index contributed by atoms with van der Waals surface area (Å²) in [5.41, 5.74) is 2.38. The summed E-state index contributed by atoms with van der Waals surface area (Å²) in [5.74, 6) is -0.131. The predicted molar refractivity (Wildman–Crippen MR) is 92.6 cm³/mol. The van der Waals surface area contributed by atoms with E-state index in [0.29, 0.717) is 11.6 Å². The second kappa shape index (κ2) is 7.18. The lowest BCUT2D eigenvalue weighted by atomic mass is 10.2. The lowest BCUT2D eigenvalue weighted by Crippen LogP contribution is -2.00. The van der Waals surface area contributed by atoms with E-state index in [4.69, 9.17) is 4.74 Å². The van der Waals surface area contributed by atoms with Gasteiger partial charge in [0.1, 0.15) is 0 Å². The molecule has 1 aliphatic heterocycles. The molecule has 112 valence electrons. The van der Waals surface area contributed by atoms with Gasteiger partial charge in [-0.25, -0.2) is 9.79 Å². The number of aliphatic imine (C=N–C) groups is 1. The van der Waals surface area contributed by atoms with Gasteiger partial charge < -0.3 is 4.74 Å². The molecule has 0 spiro atoms. The third-order valence-corrected chi connectivity index (χ3v) is 3.20. The average Bonchev–Trinajstić information content (AvgIpc) is 2.95. The highest BCUT2D eigenvalue weighted by Crippen LogP contribution is 2.13. The summed E-state index contributed by atoms with van der Waals surface area (Å²) in [6.07, 6.45) is 8.90. The molecule has 0 aromatic heterocycles. The molecule has 0 radical (unpaired) electrons. The van der Waals surface area contributed by atoms with E-state index in [1.54, 1.807) is 18.2 Å². The minimum absolute atomic E-state index is 0.296. The van der Waals surface area contributed by atoms with Gasteiger partial charge in [0, 0.05) is 6.08 Å². The highest BCUT2D eigenvalue weighted by molar-refractivity contribution is 6.09. The largest absolute Gasteiger partial charge is 0.403 e. The highest BCUT2D eigenvalue weighted by Gasteiger charge is 2.20. The van der Waals surface area contributed by atoms with Crippen molar-refractivity contribution < 1.29 is 9.53 Å². The van der Waals surface area contributed by atoms with Crippen LogP contribution in [0.5, 0.6) is 0 Å². The van der Waals surface area contributed by atoms with Crippen LogP contribution in [-0.2, 0) is 9.53 Å². The molecule has 3 nitrogen and oxygen atoms in total. The summed E-state index contributed by atoms with van der Waals surface area (Å²) in [6, 6.07) is 19.6. The van der Waals surface area contributed by atoms with E-state index < -0.39 is 5.97 Å². The number of ether oxygens (including phenoxy) is 1. The fourth-order valence-corrected chi connectivity index (χ4v) is 2.06. The van der Waals surface area contributed by atoms with Crippen molar-refractivity contribution in [2.45, 2.75) is 0 Å². The van der Waals surface area contributed by atoms with E-state index in [0.717, 1.165) is 11.1 Å². The van der Waals surface area contributed by atoms with Gasteiger partial charge in [-0.05, 0) is 23.3 Å². The Bertz CT molecular complexity index is 800. The molecule has 23 heavy (non-hydrogen) atoms. The molecule has 0 saturated carbocycles. The Morgan fingerprint density at radius 1 is 0.783 bits per heavy atom. The van der Waals surface area contributed by atoms with E-state index in [-0.39, 0.29) is 0 Å². The average molecular weight is 301 g/mol. The molecule has 0 saturated heterocycles. The van der Waals surface area contributed by atoms with Gasteiger partial charge in [0.2, 0.25) is 5.90 Å². The monoisotopic (exact) mass is 301 g/mol. The number of carbonyl (C=O) groups excluding carboxylic acids is 1. The van der Waals surface area contributed by atoms with Crippen molar-refractivity contribution in [1.82, 2.24) is 0 Å². The zero-order valence-electron chi connectivity index (χ0n) is 12.4. The minimum atomic E-state index is -0.435. The summed E-state index contributed by atoms with van der Waals surface area (Å²) in [7, 11) is 0. The van der Waals surface area contributed by atoms with Crippen LogP contribution in [0.2, 0.25) is 0 Å². The number of nitrogens with zero attached hydrogens (tertiary/aromatic N) is 1. The van der Waals surface area contributed by atoms with Gasteiger partial charge in [-0.2, -0.15) is 0 Å². The van der Waals surface area contributed by atoms with Gasteiger partial charge in [-0.1, -0.05) is 72.8 Å². The number of rotatable bonds is 4. The van der Waals surface area contributed by atoms with E-state index in [2.05, 4.69) is 4.99 Å². The lowest BCUT2D eigenvalue weighted by Gasteiger charge is -1.92. The first-order chi connectivity index (χ1) is 11.3. The van der Waals surface area contributed by atoms with Crippen LogP contribution in [-0.4, -0.2) is 11.9 Å². The quantitative estimate of drug-likeness (QED) is 0.625. The zero-order chi connectivity index (χ0) is 15.9. The highest BCUT2D eigenvalue weighted by atomic mass is 16.6. The molecule has 0 amide bonds. The van der Waals surface area contributed by atoms with Gasteiger partial charge in [0.25, 0.3) is 0 Å². The maximum Gasteiger partial charge on any atom is 0.363 e. The molecule has 0 N–H and O–H groups in total. The molecule has 3 heteroatoms. The summed E-state index contributed by atoms with van der Waals surface area (Å²) in [5, 5.41) is 0. The Morgan fingerprint density at radius 2 is 1.39 bits per heavy atom. The molecule has 0 atom stereocenters. The second-order valence-electron chi connectivity index (χ2n) is 4.91. The van der Waals surface area contributed by atoms with Crippen molar-refractivity contribution in [3.8, 4) is 0 Å². The molecule has 2 aromatic rings. The Hall–Kier alpha value is -3.20. The van der Waals surface area contributed by atoms with Crippen LogP contribution in [0.3, 0.4) is 0 Å². The molecule has 3 rings (SSSR count). The molecule has 0 fully saturated rings. The fourth-order valence-electron chi connectivity index (χ4n) is 2.06. The Morgan fingerprint density at radius 3 is 2.04 bits per heavy atom. The van der Waals surface area contributed by atoms with Crippen LogP contribution in [0.15, 0.2) is 89.6 Å². The van der Waals surface area contributed by atoms with Gasteiger partial charge in [0.05, 0.1) is 0 Å². The van der Waals surface area contributed by atoms with Crippen molar-refractivity contribution in [2.24, 2.45) is 4.99 Å². The fraction of sp³-hybridized carbons (Fsp3) is 0. The number of hydrogen-bond acceptors (Lipinski definition) is 3. The standard InChI is InChI=1S/C20H15NO2/c22-20-18(13-7-12-16-8-3-1-4-9-16)21-19(23-20)15-14-17-10-5-2-6-11-17/h1-15H/b12-7+,15-14-,18-13+. The molecule has 1 heterocycles. The van der Waals surface area contributed by atoms with Crippen molar-refractivity contribution >= 4 is 24.0 Å². The number of esters is 1. The van der Waals surface area contributed by atoms with Crippen molar-refractivity contribution in [1.29, 1.82) is 0 Å². The van der Waals surface area contributed by atoms with Crippen LogP contribution >= 0.6 is 0 Å². The van der Waals surface area contributed by atoms with Crippen LogP contribution in [0.25, 0.3) is 12.2 Å². The number of carbonyl (C=O) groups is 1. The summed E-state index contributed by atoms with van der Waals surface area (Å²) in [4.78, 5) is 15.9. The first-order valence-electron chi connectivity index (χ1n) is 7.29. The number of benzene rings is 2. The van der Waals surface area contributed by atoms with Gasteiger partial charge >= 0.3 is 5.97 Å². The molecule has 0 unspecified atom stereocenters. The maximum atomic E-state index is 11.8. The zero-order valence-corrected chi connectivity index (χ0v) is 12.4. The van der Waals surface area contributed by atoms with E-state index in [1.807, 2.05) is 72.8 Å². The Kier molecular flexibility index (Phi) is 4.60. The lowest BCUT2D eigenvalue weighted by molar-refractivity contribution is -0.129. The maximum absolute atomic E-state index is 11.8. The SMILES string of the molecule is O=C1OC(/C=C\c2ccccc2)=NC/1=C/C=C/c1ccccc1. The molecule has 1 aliphatic rings. The number of cyclic esters (lactones) is 1. The summed E-state index contributed by atoms with van der Waals surface area (Å²) < 4.78 is 5.12. The van der Waals surface area contributed by atoms with Crippen molar-refractivity contribution in [3.63, 3.8) is 0 Å². The summed E-state index contributed by atoms with van der Waals surface area (Å²) in [6.45, 7) is 0.